The Hall–Kier alpha value is -16.4. The summed E-state index contributed by atoms with van der Waals surface area (Å²) in [7, 11) is 0. The van der Waals surface area contributed by atoms with Gasteiger partial charge in [-0.25, -0.2) is 53.5 Å². The Morgan fingerprint density at radius 3 is 0.964 bits per heavy atom. The normalized spacial score (nSPS) is 11.6. The molecule has 20 rings (SSSR count). The van der Waals surface area contributed by atoms with E-state index in [1.165, 1.54) is 50.6 Å². The second-order valence-corrected chi connectivity index (χ2v) is 36.4. The highest BCUT2D eigenvalue weighted by Gasteiger charge is 2.28. The Kier molecular flexibility index (Phi) is 28.8. The van der Waals surface area contributed by atoms with Crippen molar-refractivity contribution >= 4 is 67.9 Å². The summed E-state index contributed by atoms with van der Waals surface area (Å²) in [6.45, 7) is 35.5. The van der Waals surface area contributed by atoms with Crippen molar-refractivity contribution in [1.29, 1.82) is 0 Å². The fourth-order valence-electron chi connectivity index (χ4n) is 17.6. The lowest BCUT2D eigenvalue weighted by atomic mass is 10.0. The van der Waals surface area contributed by atoms with Crippen LogP contribution in [0.3, 0.4) is 0 Å². The Bertz CT molecular complexity index is 8190. The van der Waals surface area contributed by atoms with Crippen LogP contribution in [0.15, 0.2) is 230 Å². The van der Waals surface area contributed by atoms with E-state index < -0.39 is 45.0 Å². The maximum atomic E-state index is 13.9. The number of hydrogen-bond donors (Lipinski definition) is 5. The number of aromatic nitrogens is 18. The van der Waals surface area contributed by atoms with E-state index in [1.54, 1.807) is 12.1 Å². The van der Waals surface area contributed by atoms with E-state index in [4.69, 9.17) is 0 Å². The molecule has 9 aliphatic rings. The zero-order chi connectivity index (χ0) is 99.2. The van der Waals surface area contributed by atoms with Gasteiger partial charge in [-0.05, 0) is 311 Å². The molecule has 0 radical (unpaired) electrons. The van der Waals surface area contributed by atoms with E-state index in [1.807, 2.05) is 129 Å². The van der Waals surface area contributed by atoms with Crippen molar-refractivity contribution in [2.75, 3.05) is 11.4 Å². The molecule has 9 aliphatic heterocycles. The molecule has 10 aromatic carbocycles. The maximum absolute atomic E-state index is 13.9. The van der Waals surface area contributed by atoms with Gasteiger partial charge in [0.05, 0.1) is 55.5 Å². The van der Waals surface area contributed by atoms with Crippen LogP contribution in [0, 0.1) is 103 Å². The van der Waals surface area contributed by atoms with Gasteiger partial charge >= 0.3 is 22.8 Å². The first-order valence-electron chi connectivity index (χ1n) is 46.8. The lowest BCUT2D eigenvalue weighted by Crippen LogP contribution is -2.42. The average Bonchev–Trinajstić information content (AvgIpc) is 0.773. The van der Waals surface area contributed by atoms with E-state index in [9.17, 15) is 47.5 Å². The Morgan fingerprint density at radius 1 is 0.293 bits per heavy atom. The van der Waals surface area contributed by atoms with E-state index in [-0.39, 0.29) is 39.5 Å². The fourth-order valence-corrected chi connectivity index (χ4v) is 17.6. The number of nitrogens with zero attached hydrogens (tertiary/aromatic N) is 15. The standard InChI is InChI=1S/C22H21FN4O.4C22H22N4O2/c1-13-11-18-19(12-14(13)2)27(10-6-8-16-7-4-5-9-17(16)23)21-20(26-18)22(28)25-15(3)24-21;2*1-13-6-4-7-16(10-13)8-5-9-26-18-12-15(3)14(2)11-17(18)23-19-20(26)24-22(28)25-21(19)27;2*1-13-6-8-16(9-7-13)5-4-10-26-18-12-15(3)14(2)11-17(18)23-19-20(26)24-22(28)25-21(19)27/h4-5,7,9,11-12H,3,6,8,10H2,1-2H3,(H,25,28);2*4,6-7,10-12H,5,8-9H2,1-3H3,(H,25,27,28);2*6-9,11-12H,4-5,10H2,1-3H3,(H,25,27,28). The van der Waals surface area contributed by atoms with Crippen LogP contribution in [-0.2, 0) is 58.3 Å². The number of hydrogen-bond acceptors (Lipinski definition) is 20. The Balaban J connectivity index is 0.000000126. The maximum Gasteiger partial charge on any atom is 0.349 e. The summed E-state index contributed by atoms with van der Waals surface area (Å²) in [4.78, 5) is 166. The molecular formula is C110H109FN20O9. The lowest BCUT2D eigenvalue weighted by Gasteiger charge is -2.28. The molecule has 710 valence electrons. The predicted octanol–water partition coefficient (Wildman–Crippen LogP) is 15.5. The summed E-state index contributed by atoms with van der Waals surface area (Å²) in [6.07, 6.45) is 8.33. The fraction of sp³-hybridized carbons (Fsp3) is 0.264. The average molecular weight is 1870 g/mol. The number of anilines is 2. The van der Waals surface area contributed by atoms with E-state index in [0.29, 0.717) is 85.7 Å². The summed E-state index contributed by atoms with van der Waals surface area (Å²) in [5.74, 6) is 1.67. The summed E-state index contributed by atoms with van der Waals surface area (Å²) >= 11 is 0. The summed E-state index contributed by atoms with van der Waals surface area (Å²) in [5, 5.41) is 0.286. The number of benzene rings is 10. The zero-order valence-electron chi connectivity index (χ0n) is 80.9. The highest BCUT2D eigenvalue weighted by atomic mass is 19.1. The second-order valence-electron chi connectivity index (χ2n) is 36.4. The highest BCUT2D eigenvalue weighted by Crippen LogP contribution is 2.38. The van der Waals surface area contributed by atoms with Gasteiger partial charge in [-0.3, -0.25) is 43.9 Å². The molecule has 0 saturated heterocycles. The molecule has 140 heavy (non-hydrogen) atoms. The first kappa shape index (κ1) is 96.7. The van der Waals surface area contributed by atoms with Crippen LogP contribution < -0.4 is 66.3 Å². The molecule has 0 atom stereocenters. The van der Waals surface area contributed by atoms with Gasteiger partial charge in [0, 0.05) is 32.7 Å². The quantitative estimate of drug-likeness (QED) is 0.0442. The molecule has 0 fully saturated rings. The van der Waals surface area contributed by atoms with Crippen LogP contribution in [0.4, 0.5) is 21.6 Å². The Labute approximate surface area is 803 Å². The first-order chi connectivity index (χ1) is 67.1. The first-order valence-corrected chi connectivity index (χ1v) is 46.8. The van der Waals surface area contributed by atoms with Crippen molar-refractivity contribution in [2.24, 2.45) is 4.99 Å². The molecule has 0 spiro atoms. The van der Waals surface area contributed by atoms with Gasteiger partial charge in [0.1, 0.15) is 11.3 Å². The molecule has 5 N–H and O–H groups in total. The third-order valence-electron chi connectivity index (χ3n) is 25.8. The van der Waals surface area contributed by atoms with Gasteiger partial charge in [0.15, 0.2) is 57.2 Å². The van der Waals surface area contributed by atoms with Crippen molar-refractivity contribution in [2.45, 2.75) is 187 Å². The molecule has 0 unspecified atom stereocenters. The molecule has 0 saturated carbocycles. The minimum absolute atomic E-state index is 0.196. The van der Waals surface area contributed by atoms with Crippen LogP contribution >= 0.6 is 0 Å². The molecule has 11 aromatic rings. The zero-order valence-corrected chi connectivity index (χ0v) is 80.9. The van der Waals surface area contributed by atoms with Crippen LogP contribution in [0.1, 0.15) is 138 Å². The molecule has 30 heteroatoms. The van der Waals surface area contributed by atoms with Crippen molar-refractivity contribution < 1.29 is 4.39 Å². The third-order valence-corrected chi connectivity index (χ3v) is 25.8. The van der Waals surface area contributed by atoms with Crippen molar-refractivity contribution in [1.82, 2.24) is 88.0 Å². The smallest absolute Gasteiger partial charge is 0.322 e. The molecule has 1 aromatic heterocycles. The van der Waals surface area contributed by atoms with Crippen molar-refractivity contribution in [3.63, 3.8) is 0 Å². The van der Waals surface area contributed by atoms with Gasteiger partial charge in [-0.1, -0.05) is 144 Å². The molecule has 10 heterocycles. The molecule has 29 nitrogen and oxygen atoms in total. The molecule has 0 amide bonds. The van der Waals surface area contributed by atoms with Crippen LogP contribution in [0.25, 0.3) is 96.8 Å². The van der Waals surface area contributed by atoms with Crippen LogP contribution in [0.2, 0.25) is 0 Å². The molecular weight excluding hydrogens is 1760 g/mol. The van der Waals surface area contributed by atoms with E-state index in [0.717, 1.165) is 163 Å². The van der Waals surface area contributed by atoms with E-state index in [2.05, 4.69) is 236 Å². The number of halogens is 1. The van der Waals surface area contributed by atoms with E-state index >= 15 is 0 Å². The molecule has 0 bridgehead atoms. The number of aryl methyl sites for hydroxylation is 23. The Morgan fingerprint density at radius 2 is 0.614 bits per heavy atom. The number of nitrogens with one attached hydrogen (secondary N) is 5. The topological polar surface area (TPSA) is 384 Å². The monoisotopic (exact) mass is 1870 g/mol. The molecule has 0 aliphatic carbocycles. The number of aromatic amines is 5. The third kappa shape index (κ3) is 21.8. The minimum atomic E-state index is -0.644. The SMILES string of the molecule is C=c1nc2c(c(=O)[nH]1)=Nc1cc(C)c(C)cc1N2CCCc1ccccc1F.Cc1ccc(CCCn2c3nc(=O)[nH]c(=O)c-3nc3cc(C)c(C)cc32)cc1.Cc1ccc(CCCn2c3nc(=O)[nH]c(=O)c-3nc3cc(C)c(C)cc32)cc1.Cc1cccc(CCCn2c3nc(=O)[nH]c(=O)c-3nc3cc(C)c(C)cc32)c1.Cc1cccc(CCCn2c3nc(=O)[nH]c(=O)c-3nc3cc(C)c(C)cc32)c1. The number of H-pyrrole nitrogens is 5. The highest BCUT2D eigenvalue weighted by molar-refractivity contribution is 5.85. The summed E-state index contributed by atoms with van der Waals surface area (Å²) in [6, 6.07) is 60.8. The van der Waals surface area contributed by atoms with Gasteiger partial charge in [-0.2, -0.15) is 19.9 Å². The van der Waals surface area contributed by atoms with Gasteiger partial charge < -0.3 is 28.2 Å². The van der Waals surface area contributed by atoms with Crippen molar-refractivity contribution in [3.05, 3.63) is 398 Å². The largest absolute Gasteiger partial charge is 0.349 e. The van der Waals surface area contributed by atoms with Crippen LogP contribution in [-0.4, -0.2) is 94.6 Å². The van der Waals surface area contributed by atoms with Gasteiger partial charge in [0.25, 0.3) is 27.8 Å². The van der Waals surface area contributed by atoms with Crippen molar-refractivity contribution in [3.8, 4) is 46.1 Å². The minimum Gasteiger partial charge on any atom is -0.322 e. The predicted molar refractivity (Wildman–Crippen MR) is 549 cm³/mol. The van der Waals surface area contributed by atoms with Gasteiger partial charge in [-0.15, -0.1) is 0 Å². The summed E-state index contributed by atoms with van der Waals surface area (Å²) < 4.78 is 21.8. The second kappa shape index (κ2) is 41.7. The van der Waals surface area contributed by atoms with Crippen LogP contribution in [0.5, 0.6) is 0 Å². The summed E-state index contributed by atoms with van der Waals surface area (Å²) in [5.41, 5.74) is 26.2. The number of fused-ring (bicyclic) bond motifs is 10. The van der Waals surface area contributed by atoms with Gasteiger partial charge in [0.2, 0.25) is 0 Å². The lowest BCUT2D eigenvalue weighted by molar-refractivity contribution is 0.604. The number of rotatable bonds is 20.